The van der Waals surface area contributed by atoms with Gasteiger partial charge in [-0.15, -0.1) is 0 Å². The highest BCUT2D eigenvalue weighted by molar-refractivity contribution is 7.19. The zero-order valence-corrected chi connectivity index (χ0v) is 15.1. The minimum Gasteiger partial charge on any atom is -0.497 e. The lowest BCUT2D eigenvalue weighted by molar-refractivity contribution is 0.415. The number of aromatic nitrogens is 2. The molecule has 0 saturated carbocycles. The largest absolute Gasteiger partial charge is 0.497 e. The molecule has 4 rings (SSSR count). The fourth-order valence-corrected chi connectivity index (χ4v) is 4.31. The first-order valence-electron chi connectivity index (χ1n) is 8.66. The molecule has 0 radical (unpaired) electrons. The molecule has 0 amide bonds. The molecule has 1 aliphatic rings. The number of ether oxygens (including phenoxy) is 1. The molecule has 0 atom stereocenters. The Balaban J connectivity index is 1.78. The summed E-state index contributed by atoms with van der Waals surface area (Å²) < 4.78 is 5.29. The molecule has 0 aliphatic carbocycles. The average Bonchev–Trinajstić information content (AvgIpc) is 3.15. The molecule has 0 unspecified atom stereocenters. The van der Waals surface area contributed by atoms with Gasteiger partial charge in [-0.05, 0) is 61.2 Å². The molecule has 0 spiro atoms. The molecule has 3 aromatic rings. The molecular weight excluding hydrogens is 330 g/mol. The van der Waals surface area contributed by atoms with Gasteiger partial charge in [0.2, 0.25) is 0 Å². The van der Waals surface area contributed by atoms with E-state index in [1.54, 1.807) is 24.6 Å². The highest BCUT2D eigenvalue weighted by Gasteiger charge is 2.20. The zero-order chi connectivity index (χ0) is 17.1. The molecule has 5 heteroatoms. The van der Waals surface area contributed by atoms with E-state index in [0.29, 0.717) is 0 Å². The summed E-state index contributed by atoms with van der Waals surface area (Å²) in [4.78, 5) is 12.9. The first-order chi connectivity index (χ1) is 12.3. The van der Waals surface area contributed by atoms with Crippen LogP contribution in [0.5, 0.6) is 5.75 Å². The molecule has 128 valence electrons. The molecule has 1 saturated heterocycles. The van der Waals surface area contributed by atoms with Gasteiger partial charge in [0.05, 0.1) is 17.7 Å². The van der Waals surface area contributed by atoms with Crippen LogP contribution in [0.25, 0.3) is 21.7 Å². The fourth-order valence-electron chi connectivity index (χ4n) is 3.17. The van der Waals surface area contributed by atoms with E-state index in [4.69, 9.17) is 9.72 Å². The second-order valence-electron chi connectivity index (χ2n) is 6.19. The van der Waals surface area contributed by atoms with Gasteiger partial charge >= 0.3 is 0 Å². The van der Waals surface area contributed by atoms with E-state index in [-0.39, 0.29) is 0 Å². The molecule has 1 aliphatic heterocycles. The summed E-state index contributed by atoms with van der Waals surface area (Å²) in [7, 11) is 1.69. The number of nitrogens with zero attached hydrogens (tertiary/aromatic N) is 3. The van der Waals surface area contributed by atoms with Crippen molar-refractivity contribution in [3.8, 4) is 27.4 Å². The lowest BCUT2D eigenvalue weighted by atomic mass is 10.1. The molecule has 2 aromatic heterocycles. The Morgan fingerprint density at radius 1 is 1.00 bits per heavy atom. The van der Waals surface area contributed by atoms with Crippen LogP contribution >= 0.6 is 11.3 Å². The topological polar surface area (TPSA) is 38.2 Å². The number of hydrogen-bond acceptors (Lipinski definition) is 5. The molecule has 0 N–H and O–H groups in total. The maximum atomic E-state index is 5.29. The second kappa shape index (κ2) is 7.23. The van der Waals surface area contributed by atoms with E-state index in [1.807, 2.05) is 24.4 Å². The number of benzene rings is 1. The van der Waals surface area contributed by atoms with E-state index >= 15 is 0 Å². The standard InChI is InChI=1S/C20H21N3OS/c1-24-17-9-7-15(8-10-17)19-18(16-6-5-11-21-14-16)22-20(25-19)23-12-3-2-4-13-23/h5-11,14H,2-4,12-13H2,1H3. The summed E-state index contributed by atoms with van der Waals surface area (Å²) in [6.45, 7) is 2.20. The lowest BCUT2D eigenvalue weighted by Crippen LogP contribution is -2.29. The normalized spacial score (nSPS) is 14.5. The SMILES string of the molecule is COc1ccc(-c2sc(N3CCCCC3)nc2-c2cccnc2)cc1. The van der Waals surface area contributed by atoms with Crippen molar-refractivity contribution in [1.82, 2.24) is 9.97 Å². The summed E-state index contributed by atoms with van der Waals surface area (Å²) in [5.74, 6) is 0.868. The number of thiazole rings is 1. The van der Waals surface area contributed by atoms with Gasteiger partial charge in [0.1, 0.15) is 5.75 Å². The van der Waals surface area contributed by atoms with Crippen molar-refractivity contribution in [1.29, 1.82) is 0 Å². The van der Waals surface area contributed by atoms with Crippen LogP contribution in [0.1, 0.15) is 19.3 Å². The molecule has 4 nitrogen and oxygen atoms in total. The third-order valence-electron chi connectivity index (χ3n) is 4.53. The molecule has 0 bridgehead atoms. The summed E-state index contributed by atoms with van der Waals surface area (Å²) in [6, 6.07) is 12.3. The summed E-state index contributed by atoms with van der Waals surface area (Å²) >= 11 is 1.77. The van der Waals surface area contributed by atoms with Crippen LogP contribution in [0.2, 0.25) is 0 Å². The van der Waals surface area contributed by atoms with E-state index in [2.05, 4.69) is 28.1 Å². The van der Waals surface area contributed by atoms with Gasteiger partial charge in [-0.1, -0.05) is 11.3 Å². The summed E-state index contributed by atoms with van der Waals surface area (Å²) in [5.41, 5.74) is 3.25. The van der Waals surface area contributed by atoms with Crippen molar-refractivity contribution < 1.29 is 4.74 Å². The van der Waals surface area contributed by atoms with Crippen molar-refractivity contribution in [2.75, 3.05) is 25.1 Å². The van der Waals surface area contributed by atoms with Crippen molar-refractivity contribution in [2.24, 2.45) is 0 Å². The quantitative estimate of drug-likeness (QED) is 0.672. The minimum absolute atomic E-state index is 0.868. The van der Waals surface area contributed by atoms with Crippen molar-refractivity contribution >= 4 is 16.5 Å². The Kier molecular flexibility index (Phi) is 4.65. The van der Waals surface area contributed by atoms with Crippen LogP contribution in [0.3, 0.4) is 0 Å². The Morgan fingerprint density at radius 2 is 1.80 bits per heavy atom. The first kappa shape index (κ1) is 16.1. The molecular formula is C20H21N3OS. The van der Waals surface area contributed by atoms with E-state index in [0.717, 1.165) is 35.2 Å². The number of piperidine rings is 1. The van der Waals surface area contributed by atoms with Crippen molar-refractivity contribution in [3.05, 3.63) is 48.8 Å². The van der Waals surface area contributed by atoms with Crippen molar-refractivity contribution in [3.63, 3.8) is 0 Å². The van der Waals surface area contributed by atoms with Crippen LogP contribution in [0, 0.1) is 0 Å². The molecule has 1 aromatic carbocycles. The Labute approximate surface area is 152 Å². The predicted molar refractivity (Wildman–Crippen MR) is 103 cm³/mol. The minimum atomic E-state index is 0.868. The van der Waals surface area contributed by atoms with Crippen molar-refractivity contribution in [2.45, 2.75) is 19.3 Å². The molecule has 1 fully saturated rings. The highest BCUT2D eigenvalue weighted by atomic mass is 32.1. The van der Waals surface area contributed by atoms with Gasteiger partial charge in [-0.2, -0.15) is 0 Å². The lowest BCUT2D eigenvalue weighted by Gasteiger charge is -2.25. The third-order valence-corrected chi connectivity index (χ3v) is 5.69. The van der Waals surface area contributed by atoms with E-state index < -0.39 is 0 Å². The van der Waals surface area contributed by atoms with Gasteiger partial charge in [0, 0.05) is 31.0 Å². The number of pyridine rings is 1. The Morgan fingerprint density at radius 3 is 2.48 bits per heavy atom. The maximum Gasteiger partial charge on any atom is 0.186 e. The van der Waals surface area contributed by atoms with Gasteiger partial charge in [-0.25, -0.2) is 4.98 Å². The first-order valence-corrected chi connectivity index (χ1v) is 9.47. The second-order valence-corrected chi connectivity index (χ2v) is 7.17. The van der Waals surface area contributed by atoms with Gasteiger partial charge in [0.15, 0.2) is 5.13 Å². The maximum absolute atomic E-state index is 5.29. The van der Waals surface area contributed by atoms with Crippen LogP contribution in [0.15, 0.2) is 48.8 Å². The van der Waals surface area contributed by atoms with Gasteiger partial charge < -0.3 is 9.64 Å². The van der Waals surface area contributed by atoms with Crippen LogP contribution < -0.4 is 9.64 Å². The summed E-state index contributed by atoms with van der Waals surface area (Å²) in [5, 5.41) is 1.12. The van der Waals surface area contributed by atoms with Crippen LogP contribution in [-0.4, -0.2) is 30.2 Å². The highest BCUT2D eigenvalue weighted by Crippen LogP contribution is 2.41. The Bertz CT molecular complexity index is 824. The number of anilines is 1. The molecule has 3 heterocycles. The number of rotatable bonds is 4. The number of hydrogen-bond donors (Lipinski definition) is 0. The van der Waals surface area contributed by atoms with E-state index in [9.17, 15) is 0 Å². The van der Waals surface area contributed by atoms with Gasteiger partial charge in [-0.3, -0.25) is 4.98 Å². The van der Waals surface area contributed by atoms with Crippen LogP contribution in [0.4, 0.5) is 5.13 Å². The third kappa shape index (κ3) is 3.37. The predicted octanol–water partition coefficient (Wildman–Crippen LogP) is 4.87. The van der Waals surface area contributed by atoms with Crippen LogP contribution in [-0.2, 0) is 0 Å². The fraction of sp³-hybridized carbons (Fsp3) is 0.300. The summed E-state index contributed by atoms with van der Waals surface area (Å²) in [6.07, 6.45) is 7.51. The van der Waals surface area contributed by atoms with E-state index in [1.165, 1.54) is 29.7 Å². The Hall–Kier alpha value is -2.40. The average molecular weight is 351 g/mol. The van der Waals surface area contributed by atoms with Gasteiger partial charge in [0.25, 0.3) is 0 Å². The zero-order valence-electron chi connectivity index (χ0n) is 14.3. The number of methoxy groups -OCH3 is 1. The smallest absolute Gasteiger partial charge is 0.186 e. The molecule has 25 heavy (non-hydrogen) atoms. The monoisotopic (exact) mass is 351 g/mol.